The molecule has 10 heteroatoms. The van der Waals surface area contributed by atoms with Crippen LogP contribution in [0, 0.1) is 38.5 Å². The summed E-state index contributed by atoms with van der Waals surface area (Å²) in [6.07, 6.45) is 11.8. The quantitative estimate of drug-likeness (QED) is 0.0613. The first-order chi connectivity index (χ1) is 36.2. The smallest absolute Gasteiger partial charge is 0.143 e. The highest BCUT2D eigenvalue weighted by molar-refractivity contribution is 5.68. The van der Waals surface area contributed by atoms with Crippen LogP contribution in [0.3, 0.4) is 0 Å². The average molecular weight is 1010 g/mol. The summed E-state index contributed by atoms with van der Waals surface area (Å²) in [6.45, 7) is 22.4. The molecule has 0 amide bonds. The molecule has 9 rings (SSSR count). The molecule has 0 aliphatic carbocycles. The van der Waals surface area contributed by atoms with Crippen LogP contribution in [0.25, 0.3) is 0 Å². The molecule has 2 aliphatic rings. The number of hydrogen-bond donors (Lipinski definition) is 0. The zero-order valence-corrected chi connectivity index (χ0v) is 46.2. The van der Waals surface area contributed by atoms with Gasteiger partial charge < -0.3 is 33.8 Å². The standard InChI is InChI=1S/C65H79N7O3/c1-47-37-48(2)61(49(3)38-47)69(8)46-70(9)63-53(17-16-22-59(63)74-34-24-54-18-12-14-29-66-54)40-51-23-31-68-56(41-51)26-36-73-58-21-11-10-20-57(58)71-33-28-65(7,45-71)43-52-39-50(4)62(72-32-27-64(5,6)44-72)60(42-52)75-35-25-55-19-13-15-30-67-55/h10-23,29-31,37-39,41-42H,24-28,32-36,40,43-46H2,1-9H3. The number of aryl methyl sites for hydroxylation is 4. The number of benzene rings is 4. The van der Waals surface area contributed by atoms with Gasteiger partial charge in [0.05, 0.1) is 43.6 Å². The highest BCUT2D eigenvalue weighted by Crippen LogP contribution is 2.44. The first-order valence-electron chi connectivity index (χ1n) is 27.2. The van der Waals surface area contributed by atoms with Gasteiger partial charge in [0.1, 0.15) is 17.2 Å². The van der Waals surface area contributed by atoms with Gasteiger partial charge in [0, 0.05) is 101 Å². The lowest BCUT2D eigenvalue weighted by atomic mass is 9.82. The number of hydrogen-bond acceptors (Lipinski definition) is 10. The Kier molecular flexibility index (Phi) is 16.6. The molecular weight excluding hydrogens is 927 g/mol. The van der Waals surface area contributed by atoms with E-state index in [4.69, 9.17) is 19.2 Å². The summed E-state index contributed by atoms with van der Waals surface area (Å²) in [7, 11) is 4.35. The minimum absolute atomic E-state index is 0.0847. The molecule has 0 radical (unpaired) electrons. The molecular formula is C65H79N7O3. The highest BCUT2D eigenvalue weighted by Gasteiger charge is 2.36. The minimum atomic E-state index is 0.0847. The van der Waals surface area contributed by atoms with Crippen molar-refractivity contribution in [3.8, 4) is 17.2 Å². The van der Waals surface area contributed by atoms with Crippen LogP contribution in [0.15, 0.2) is 134 Å². The van der Waals surface area contributed by atoms with Gasteiger partial charge in [0.2, 0.25) is 0 Å². The number of nitrogens with zero attached hydrogens (tertiary/aromatic N) is 7. The van der Waals surface area contributed by atoms with Gasteiger partial charge >= 0.3 is 0 Å². The third-order valence-corrected chi connectivity index (χ3v) is 15.2. The largest absolute Gasteiger partial charge is 0.491 e. The van der Waals surface area contributed by atoms with Crippen molar-refractivity contribution in [2.24, 2.45) is 10.8 Å². The maximum atomic E-state index is 6.70. The third-order valence-electron chi connectivity index (χ3n) is 15.2. The fourth-order valence-electron chi connectivity index (χ4n) is 11.8. The van der Waals surface area contributed by atoms with Gasteiger partial charge in [-0.05, 0) is 158 Å². The van der Waals surface area contributed by atoms with Crippen LogP contribution in [0.2, 0.25) is 0 Å². The molecule has 75 heavy (non-hydrogen) atoms. The van der Waals surface area contributed by atoms with Crippen molar-refractivity contribution < 1.29 is 14.2 Å². The molecule has 4 aromatic carbocycles. The maximum Gasteiger partial charge on any atom is 0.143 e. The van der Waals surface area contributed by atoms with Gasteiger partial charge in [-0.3, -0.25) is 15.0 Å². The Morgan fingerprint density at radius 1 is 0.533 bits per heavy atom. The number of pyridine rings is 3. The maximum absolute atomic E-state index is 6.70. The predicted octanol–water partition coefficient (Wildman–Crippen LogP) is 12.8. The normalized spacial score (nSPS) is 16.1. The fraction of sp³-hybridized carbons (Fsp3) is 0.400. The highest BCUT2D eigenvalue weighted by atomic mass is 16.5. The van der Waals surface area contributed by atoms with Crippen molar-refractivity contribution in [2.75, 3.05) is 86.4 Å². The molecule has 0 bridgehead atoms. The number of rotatable bonds is 22. The summed E-state index contributed by atoms with van der Waals surface area (Å²) in [5.41, 5.74) is 17.1. The van der Waals surface area contributed by atoms with Crippen molar-refractivity contribution in [1.29, 1.82) is 0 Å². The Morgan fingerprint density at radius 3 is 1.83 bits per heavy atom. The first-order valence-corrected chi connectivity index (χ1v) is 27.2. The Morgan fingerprint density at radius 2 is 1.15 bits per heavy atom. The molecule has 5 heterocycles. The van der Waals surface area contributed by atoms with Crippen LogP contribution in [0.1, 0.15) is 89.6 Å². The molecule has 0 saturated carbocycles. The van der Waals surface area contributed by atoms with Gasteiger partial charge in [0.15, 0.2) is 0 Å². The topological polar surface area (TPSA) is 79.3 Å². The van der Waals surface area contributed by atoms with Gasteiger partial charge in [-0.2, -0.15) is 0 Å². The van der Waals surface area contributed by atoms with Crippen molar-refractivity contribution in [2.45, 2.75) is 93.4 Å². The van der Waals surface area contributed by atoms with Crippen molar-refractivity contribution in [1.82, 2.24) is 15.0 Å². The Bertz CT molecular complexity index is 2990. The lowest BCUT2D eigenvalue weighted by Crippen LogP contribution is -2.34. The molecule has 7 aromatic rings. The van der Waals surface area contributed by atoms with E-state index in [1.165, 1.54) is 56.7 Å². The zero-order valence-electron chi connectivity index (χ0n) is 46.2. The molecule has 0 N–H and O–H groups in total. The number of anilines is 4. The van der Waals surface area contributed by atoms with Crippen LogP contribution < -0.4 is 33.8 Å². The van der Waals surface area contributed by atoms with Gasteiger partial charge in [-0.25, -0.2) is 0 Å². The van der Waals surface area contributed by atoms with E-state index in [1.54, 1.807) is 0 Å². The van der Waals surface area contributed by atoms with Crippen LogP contribution in [0.5, 0.6) is 17.2 Å². The molecule has 1 unspecified atom stereocenters. The van der Waals surface area contributed by atoms with Crippen molar-refractivity contribution in [3.63, 3.8) is 0 Å². The summed E-state index contributed by atoms with van der Waals surface area (Å²) in [5.74, 6) is 2.79. The van der Waals surface area contributed by atoms with Crippen LogP contribution >= 0.6 is 0 Å². The van der Waals surface area contributed by atoms with E-state index >= 15 is 0 Å². The lowest BCUT2D eigenvalue weighted by Gasteiger charge is -2.32. The monoisotopic (exact) mass is 1010 g/mol. The lowest BCUT2D eigenvalue weighted by molar-refractivity contribution is 0.318. The van der Waals surface area contributed by atoms with Crippen molar-refractivity contribution >= 4 is 22.7 Å². The second-order valence-corrected chi connectivity index (χ2v) is 22.5. The Balaban J connectivity index is 0.857. The van der Waals surface area contributed by atoms with E-state index in [0.29, 0.717) is 32.9 Å². The fourth-order valence-corrected chi connectivity index (χ4v) is 11.8. The van der Waals surface area contributed by atoms with E-state index in [9.17, 15) is 0 Å². The van der Waals surface area contributed by atoms with E-state index in [1.807, 2.05) is 42.9 Å². The summed E-state index contributed by atoms with van der Waals surface area (Å²) in [5, 5.41) is 0. The molecule has 2 fully saturated rings. The van der Waals surface area contributed by atoms with Gasteiger partial charge in [0.25, 0.3) is 0 Å². The molecule has 3 aromatic heterocycles. The second-order valence-electron chi connectivity index (χ2n) is 22.5. The van der Waals surface area contributed by atoms with E-state index in [0.717, 1.165) is 104 Å². The number of para-hydroxylation sites is 3. The summed E-state index contributed by atoms with van der Waals surface area (Å²) in [4.78, 5) is 23.7. The molecule has 10 nitrogen and oxygen atoms in total. The van der Waals surface area contributed by atoms with Gasteiger partial charge in [-0.1, -0.05) is 80.9 Å². The minimum Gasteiger partial charge on any atom is -0.491 e. The van der Waals surface area contributed by atoms with Crippen molar-refractivity contribution in [3.05, 3.63) is 190 Å². The SMILES string of the molecule is Cc1cc(C)c(N(C)CN(C)c2c(Cc3ccnc(CCOc4ccccc4N4CCC(C)(Cc5cc(C)c(N6CCC(C)(C)C6)c(OCCc6ccccn6)c5)C4)c3)cccc2OCCc2ccccn2)c(C)c1. The number of aromatic nitrogens is 3. The zero-order chi connectivity index (χ0) is 52.5. The first kappa shape index (κ1) is 52.8. The van der Waals surface area contributed by atoms with Crippen LogP contribution in [0.4, 0.5) is 22.7 Å². The van der Waals surface area contributed by atoms with E-state index < -0.39 is 0 Å². The van der Waals surface area contributed by atoms with Crippen LogP contribution in [-0.2, 0) is 32.1 Å². The second kappa shape index (κ2) is 23.6. The molecule has 2 saturated heterocycles. The average Bonchev–Trinajstić information content (AvgIpc) is 3.95. The van der Waals surface area contributed by atoms with Gasteiger partial charge in [-0.15, -0.1) is 0 Å². The summed E-state index contributed by atoms with van der Waals surface area (Å²) >= 11 is 0. The van der Waals surface area contributed by atoms with Crippen LogP contribution in [-0.4, -0.2) is 81.7 Å². The third kappa shape index (κ3) is 13.4. The Hall–Kier alpha value is -7.07. The number of ether oxygens (including phenoxy) is 3. The molecule has 0 spiro atoms. The molecule has 2 aliphatic heterocycles. The molecule has 1 atom stereocenters. The Labute approximate surface area is 447 Å². The van der Waals surface area contributed by atoms with E-state index in [2.05, 4.69) is 183 Å². The van der Waals surface area contributed by atoms with E-state index in [-0.39, 0.29) is 10.8 Å². The summed E-state index contributed by atoms with van der Waals surface area (Å²) in [6, 6.07) is 40.8. The summed E-state index contributed by atoms with van der Waals surface area (Å²) < 4.78 is 20.0. The molecule has 392 valence electrons. The predicted molar refractivity (Wildman–Crippen MR) is 309 cm³/mol.